The van der Waals surface area contributed by atoms with Gasteiger partial charge in [-0.05, 0) is 29.8 Å². The van der Waals surface area contributed by atoms with E-state index in [-0.39, 0.29) is 5.25 Å². The molecule has 0 amide bonds. The zero-order chi connectivity index (χ0) is 12.8. The molecule has 0 radical (unpaired) electrons. The Morgan fingerprint density at radius 1 is 1.17 bits per heavy atom. The number of rotatable bonds is 5. The summed E-state index contributed by atoms with van der Waals surface area (Å²) in [5.74, 6) is 0.912. The summed E-state index contributed by atoms with van der Waals surface area (Å²) in [5, 5.41) is 1.01. The lowest BCUT2D eigenvalue weighted by Gasteiger charge is -2.13. The third kappa shape index (κ3) is 3.73. The molecule has 0 saturated heterocycles. The highest BCUT2D eigenvalue weighted by Crippen LogP contribution is 2.29. The fourth-order valence-electron chi connectivity index (χ4n) is 1.62. The largest absolute Gasteiger partial charge is 0.329 e. The van der Waals surface area contributed by atoms with E-state index in [1.807, 2.05) is 42.5 Å². The van der Waals surface area contributed by atoms with Crippen LogP contribution in [0.1, 0.15) is 16.5 Å². The van der Waals surface area contributed by atoms with E-state index < -0.39 is 0 Å². The van der Waals surface area contributed by atoms with Crippen molar-refractivity contribution < 1.29 is 0 Å². The highest BCUT2D eigenvalue weighted by Gasteiger charge is 2.11. The monoisotopic (exact) mass is 278 g/mol. The van der Waals surface area contributed by atoms with Crippen LogP contribution in [0.3, 0.4) is 0 Å². The predicted octanol–water partition coefficient (Wildman–Crippen LogP) is 3.67. The zero-order valence-corrected chi connectivity index (χ0v) is 11.5. The van der Waals surface area contributed by atoms with Crippen LogP contribution in [0, 0.1) is 0 Å². The molecule has 4 heteroatoms. The van der Waals surface area contributed by atoms with Gasteiger partial charge in [-0.1, -0.05) is 29.8 Å². The van der Waals surface area contributed by atoms with Crippen molar-refractivity contribution in [1.29, 1.82) is 0 Å². The molecule has 0 aliphatic carbocycles. The van der Waals surface area contributed by atoms with Gasteiger partial charge < -0.3 is 5.73 Å². The molecule has 0 fully saturated rings. The van der Waals surface area contributed by atoms with Crippen molar-refractivity contribution in [1.82, 2.24) is 4.98 Å². The van der Waals surface area contributed by atoms with E-state index in [2.05, 4.69) is 4.98 Å². The highest BCUT2D eigenvalue weighted by molar-refractivity contribution is 7.98. The summed E-state index contributed by atoms with van der Waals surface area (Å²) >= 11 is 7.66. The molecule has 1 atom stereocenters. The van der Waals surface area contributed by atoms with Crippen LogP contribution in [0.5, 0.6) is 0 Å². The SMILES string of the molecule is NCC(SCc1ccc(Cl)cc1)c1ccccn1. The molecule has 0 saturated carbocycles. The molecule has 1 aromatic heterocycles. The van der Waals surface area contributed by atoms with Crippen LogP contribution in [-0.2, 0) is 5.75 Å². The van der Waals surface area contributed by atoms with Crippen LogP contribution in [0.25, 0.3) is 0 Å². The van der Waals surface area contributed by atoms with Gasteiger partial charge in [-0.25, -0.2) is 0 Å². The molecule has 0 spiro atoms. The maximum atomic E-state index is 5.86. The fourth-order valence-corrected chi connectivity index (χ4v) is 2.78. The molecule has 2 N–H and O–H groups in total. The van der Waals surface area contributed by atoms with Crippen molar-refractivity contribution >= 4 is 23.4 Å². The van der Waals surface area contributed by atoms with Crippen molar-refractivity contribution in [2.24, 2.45) is 5.73 Å². The number of nitrogens with zero attached hydrogens (tertiary/aromatic N) is 1. The summed E-state index contributed by atoms with van der Waals surface area (Å²) in [6, 6.07) is 13.8. The molecule has 1 unspecified atom stereocenters. The predicted molar refractivity (Wildman–Crippen MR) is 78.8 cm³/mol. The number of pyridine rings is 1. The van der Waals surface area contributed by atoms with Gasteiger partial charge in [-0.15, -0.1) is 11.8 Å². The van der Waals surface area contributed by atoms with Crippen molar-refractivity contribution in [2.45, 2.75) is 11.0 Å². The fraction of sp³-hybridized carbons (Fsp3) is 0.214. The van der Waals surface area contributed by atoms with E-state index in [1.54, 1.807) is 18.0 Å². The van der Waals surface area contributed by atoms with Crippen molar-refractivity contribution in [3.8, 4) is 0 Å². The maximum absolute atomic E-state index is 5.86. The summed E-state index contributed by atoms with van der Waals surface area (Å²) in [4.78, 5) is 4.35. The van der Waals surface area contributed by atoms with Crippen LogP contribution in [0.4, 0.5) is 0 Å². The Bertz CT molecular complexity index is 473. The van der Waals surface area contributed by atoms with E-state index >= 15 is 0 Å². The first-order valence-electron chi connectivity index (χ1n) is 5.76. The van der Waals surface area contributed by atoms with Crippen molar-refractivity contribution in [3.63, 3.8) is 0 Å². The number of halogens is 1. The Morgan fingerprint density at radius 2 is 1.94 bits per heavy atom. The summed E-state index contributed by atoms with van der Waals surface area (Å²) in [7, 11) is 0. The summed E-state index contributed by atoms with van der Waals surface area (Å²) in [5.41, 5.74) is 8.10. The molecular formula is C14H15ClN2S. The minimum atomic E-state index is 0.238. The average Bonchev–Trinajstić information content (AvgIpc) is 2.43. The van der Waals surface area contributed by atoms with Gasteiger partial charge in [0, 0.05) is 23.5 Å². The standard InChI is InChI=1S/C14H15ClN2S/c15-12-6-4-11(5-7-12)10-18-14(9-16)13-3-1-2-8-17-13/h1-8,14H,9-10,16H2. The normalized spacial score (nSPS) is 12.3. The second-order valence-electron chi connectivity index (χ2n) is 3.92. The van der Waals surface area contributed by atoms with Crippen LogP contribution < -0.4 is 5.73 Å². The Hall–Kier alpha value is -1.03. The smallest absolute Gasteiger partial charge is 0.0595 e. The second-order valence-corrected chi connectivity index (χ2v) is 5.54. The third-order valence-corrected chi connectivity index (χ3v) is 4.18. The molecule has 2 rings (SSSR count). The quantitative estimate of drug-likeness (QED) is 0.907. The van der Waals surface area contributed by atoms with Gasteiger partial charge in [0.15, 0.2) is 0 Å². The molecule has 0 aliphatic heterocycles. The van der Waals surface area contributed by atoms with E-state index in [1.165, 1.54) is 5.56 Å². The van der Waals surface area contributed by atoms with Gasteiger partial charge in [0.05, 0.1) is 10.9 Å². The lowest BCUT2D eigenvalue weighted by Crippen LogP contribution is -2.10. The molecule has 0 aliphatic rings. The molecule has 94 valence electrons. The molecule has 1 heterocycles. The second kappa shape index (κ2) is 6.78. The van der Waals surface area contributed by atoms with E-state index in [9.17, 15) is 0 Å². The first kappa shape index (κ1) is 13.4. The van der Waals surface area contributed by atoms with E-state index in [4.69, 9.17) is 17.3 Å². The zero-order valence-electron chi connectivity index (χ0n) is 9.92. The van der Waals surface area contributed by atoms with Crippen LogP contribution in [0.2, 0.25) is 5.02 Å². The molecular weight excluding hydrogens is 264 g/mol. The number of nitrogens with two attached hydrogens (primary N) is 1. The van der Waals surface area contributed by atoms with Gasteiger partial charge >= 0.3 is 0 Å². The van der Waals surface area contributed by atoms with Crippen molar-refractivity contribution in [2.75, 3.05) is 6.54 Å². The summed E-state index contributed by atoms with van der Waals surface area (Å²) in [6.45, 7) is 0.593. The van der Waals surface area contributed by atoms with Crippen LogP contribution in [-0.4, -0.2) is 11.5 Å². The maximum Gasteiger partial charge on any atom is 0.0595 e. The summed E-state index contributed by atoms with van der Waals surface area (Å²) < 4.78 is 0. The number of hydrogen-bond donors (Lipinski definition) is 1. The Labute approximate surface area is 117 Å². The van der Waals surface area contributed by atoms with Crippen LogP contribution >= 0.6 is 23.4 Å². The van der Waals surface area contributed by atoms with Gasteiger partial charge in [0.2, 0.25) is 0 Å². The first-order chi connectivity index (χ1) is 8.79. The van der Waals surface area contributed by atoms with Gasteiger partial charge in [-0.3, -0.25) is 4.98 Å². The first-order valence-corrected chi connectivity index (χ1v) is 7.19. The number of hydrogen-bond acceptors (Lipinski definition) is 3. The minimum Gasteiger partial charge on any atom is -0.329 e. The Morgan fingerprint density at radius 3 is 2.56 bits per heavy atom. The van der Waals surface area contributed by atoms with Gasteiger partial charge in [0.1, 0.15) is 0 Å². The summed E-state index contributed by atoms with van der Waals surface area (Å²) in [6.07, 6.45) is 1.81. The van der Waals surface area contributed by atoms with Gasteiger partial charge in [-0.2, -0.15) is 0 Å². The van der Waals surface area contributed by atoms with E-state index in [0.29, 0.717) is 6.54 Å². The lowest BCUT2D eigenvalue weighted by atomic mass is 10.2. The highest BCUT2D eigenvalue weighted by atomic mass is 35.5. The molecule has 0 bridgehead atoms. The third-order valence-electron chi connectivity index (χ3n) is 2.60. The van der Waals surface area contributed by atoms with E-state index in [0.717, 1.165) is 16.5 Å². The minimum absolute atomic E-state index is 0.238. The Kier molecular flexibility index (Phi) is 5.05. The topological polar surface area (TPSA) is 38.9 Å². The van der Waals surface area contributed by atoms with Gasteiger partial charge in [0.25, 0.3) is 0 Å². The van der Waals surface area contributed by atoms with Crippen LogP contribution in [0.15, 0.2) is 48.7 Å². The molecule has 18 heavy (non-hydrogen) atoms. The molecule has 2 nitrogen and oxygen atoms in total. The number of aromatic nitrogens is 1. The molecule has 2 aromatic rings. The number of benzene rings is 1. The Balaban J connectivity index is 1.97. The lowest BCUT2D eigenvalue weighted by molar-refractivity contribution is 0.898. The van der Waals surface area contributed by atoms with Crippen molar-refractivity contribution in [3.05, 3.63) is 64.9 Å². The number of thioether (sulfide) groups is 1. The average molecular weight is 279 g/mol. The molecule has 1 aromatic carbocycles.